The van der Waals surface area contributed by atoms with Crippen LogP contribution in [0.15, 0.2) is 30.3 Å². The summed E-state index contributed by atoms with van der Waals surface area (Å²) in [6.45, 7) is 3.48. The second-order valence-corrected chi connectivity index (χ2v) is 8.11. The predicted molar refractivity (Wildman–Crippen MR) is 87.2 cm³/mol. The molecule has 1 aliphatic rings. The van der Waals surface area contributed by atoms with Crippen molar-refractivity contribution in [1.82, 2.24) is 10.2 Å². The first-order chi connectivity index (χ1) is 10.5. The van der Waals surface area contributed by atoms with Gasteiger partial charge in [-0.25, -0.2) is 8.42 Å². The van der Waals surface area contributed by atoms with Crippen LogP contribution in [0.25, 0.3) is 0 Å². The molecule has 1 aromatic rings. The Labute approximate surface area is 132 Å². The van der Waals surface area contributed by atoms with Gasteiger partial charge in [-0.2, -0.15) is 0 Å². The lowest BCUT2D eigenvalue weighted by Crippen LogP contribution is -2.44. The number of rotatable bonds is 7. The van der Waals surface area contributed by atoms with Crippen molar-refractivity contribution in [3.8, 4) is 0 Å². The molecular weight excluding hydrogens is 300 g/mol. The Balaban J connectivity index is 1.86. The maximum atomic E-state index is 12.3. The lowest BCUT2D eigenvalue weighted by atomic mass is 10.1. The van der Waals surface area contributed by atoms with Crippen molar-refractivity contribution in [2.45, 2.75) is 32.4 Å². The Hall–Kier alpha value is -1.40. The lowest BCUT2D eigenvalue weighted by Gasteiger charge is -2.23. The minimum absolute atomic E-state index is 0.0145. The Bertz CT molecular complexity index is 587. The fourth-order valence-corrected chi connectivity index (χ4v) is 3.42. The van der Waals surface area contributed by atoms with Crippen LogP contribution in [-0.4, -0.2) is 49.9 Å². The van der Waals surface area contributed by atoms with E-state index in [-0.39, 0.29) is 30.0 Å². The molecule has 1 aliphatic heterocycles. The van der Waals surface area contributed by atoms with Gasteiger partial charge in [-0.05, 0) is 24.9 Å². The molecule has 122 valence electrons. The second kappa shape index (κ2) is 7.74. The van der Waals surface area contributed by atoms with Crippen LogP contribution >= 0.6 is 0 Å². The van der Waals surface area contributed by atoms with Crippen molar-refractivity contribution in [2.75, 3.05) is 24.6 Å². The maximum Gasteiger partial charge on any atom is 0.237 e. The third kappa shape index (κ3) is 4.81. The summed E-state index contributed by atoms with van der Waals surface area (Å²) < 4.78 is 22.9. The molecule has 1 unspecified atom stereocenters. The Morgan fingerprint density at radius 1 is 1.32 bits per heavy atom. The lowest BCUT2D eigenvalue weighted by molar-refractivity contribution is -0.125. The monoisotopic (exact) mass is 324 g/mol. The zero-order chi connectivity index (χ0) is 16.0. The van der Waals surface area contributed by atoms with Crippen molar-refractivity contribution in [2.24, 2.45) is 0 Å². The summed E-state index contributed by atoms with van der Waals surface area (Å²) >= 11 is 0. The molecule has 0 aromatic heterocycles. The number of amides is 1. The third-order valence-corrected chi connectivity index (χ3v) is 5.75. The van der Waals surface area contributed by atoms with Gasteiger partial charge in [0.2, 0.25) is 5.91 Å². The molecule has 1 heterocycles. The molecule has 1 saturated heterocycles. The number of sulfone groups is 1. The van der Waals surface area contributed by atoms with Crippen LogP contribution in [0, 0.1) is 0 Å². The van der Waals surface area contributed by atoms with Crippen molar-refractivity contribution >= 4 is 15.7 Å². The van der Waals surface area contributed by atoms with Crippen LogP contribution in [0.4, 0.5) is 0 Å². The molecule has 1 N–H and O–H groups in total. The molecular formula is C16H24N2O3S. The molecule has 0 aliphatic carbocycles. The largest absolute Gasteiger partial charge is 0.354 e. The van der Waals surface area contributed by atoms with Gasteiger partial charge in [0.1, 0.15) is 0 Å². The summed E-state index contributed by atoms with van der Waals surface area (Å²) in [5, 5.41) is 2.77. The molecule has 2 rings (SSSR count). The van der Waals surface area contributed by atoms with Crippen molar-refractivity contribution in [3.05, 3.63) is 35.9 Å². The van der Waals surface area contributed by atoms with Crippen LogP contribution in [0.3, 0.4) is 0 Å². The highest BCUT2D eigenvalue weighted by atomic mass is 32.2. The van der Waals surface area contributed by atoms with E-state index in [2.05, 4.69) is 22.3 Å². The Morgan fingerprint density at radius 2 is 2.05 bits per heavy atom. The average molecular weight is 324 g/mol. The minimum Gasteiger partial charge on any atom is -0.354 e. The zero-order valence-corrected chi connectivity index (χ0v) is 13.8. The van der Waals surface area contributed by atoms with Gasteiger partial charge in [-0.3, -0.25) is 9.69 Å². The van der Waals surface area contributed by atoms with E-state index in [0.29, 0.717) is 0 Å². The van der Waals surface area contributed by atoms with E-state index in [0.717, 1.165) is 25.9 Å². The molecule has 1 atom stereocenters. The van der Waals surface area contributed by atoms with Gasteiger partial charge in [0.25, 0.3) is 0 Å². The molecule has 0 spiro atoms. The first-order valence-corrected chi connectivity index (χ1v) is 9.60. The van der Waals surface area contributed by atoms with E-state index < -0.39 is 9.84 Å². The number of hydrogen-bond acceptors (Lipinski definition) is 4. The smallest absolute Gasteiger partial charge is 0.237 e. The van der Waals surface area contributed by atoms with Gasteiger partial charge in [0, 0.05) is 18.8 Å². The minimum atomic E-state index is -3.03. The normalized spacial score (nSPS) is 19.2. The van der Waals surface area contributed by atoms with E-state index in [1.165, 1.54) is 5.56 Å². The number of nitrogens with zero attached hydrogens (tertiary/aromatic N) is 1. The van der Waals surface area contributed by atoms with Crippen molar-refractivity contribution < 1.29 is 13.2 Å². The second-order valence-electron chi connectivity index (χ2n) is 5.64. The van der Waals surface area contributed by atoms with Gasteiger partial charge in [0.05, 0.1) is 11.8 Å². The van der Waals surface area contributed by atoms with E-state index in [1.54, 1.807) is 6.92 Å². The highest BCUT2D eigenvalue weighted by Crippen LogP contribution is 2.20. The highest BCUT2D eigenvalue weighted by Gasteiger charge is 2.30. The van der Waals surface area contributed by atoms with E-state index >= 15 is 0 Å². The van der Waals surface area contributed by atoms with Crippen LogP contribution in [0.5, 0.6) is 0 Å². The molecule has 0 saturated carbocycles. The fraction of sp³-hybridized carbons (Fsp3) is 0.562. The summed E-state index contributed by atoms with van der Waals surface area (Å²) in [7, 11) is -3.03. The van der Waals surface area contributed by atoms with E-state index in [9.17, 15) is 13.2 Å². The topological polar surface area (TPSA) is 66.5 Å². The van der Waals surface area contributed by atoms with Gasteiger partial charge in [-0.15, -0.1) is 0 Å². The fourth-order valence-electron chi connectivity index (χ4n) is 2.72. The Morgan fingerprint density at radius 3 is 2.73 bits per heavy atom. The number of hydrogen-bond donors (Lipinski definition) is 1. The molecule has 22 heavy (non-hydrogen) atoms. The molecule has 0 radical (unpaired) electrons. The number of benzene rings is 1. The maximum absolute atomic E-state index is 12.3. The summed E-state index contributed by atoms with van der Waals surface area (Å²) in [5.74, 6) is 0.0762. The van der Waals surface area contributed by atoms with E-state index in [4.69, 9.17) is 0 Å². The summed E-state index contributed by atoms with van der Waals surface area (Å²) in [6.07, 6.45) is 1.83. The van der Waals surface area contributed by atoms with E-state index in [1.807, 2.05) is 18.2 Å². The van der Waals surface area contributed by atoms with Crippen LogP contribution in [-0.2, 0) is 21.2 Å². The van der Waals surface area contributed by atoms with Crippen LogP contribution in [0.2, 0.25) is 0 Å². The number of carbonyl (C=O) groups excluding carboxylic acids is 1. The average Bonchev–Trinajstić information content (AvgIpc) is 2.96. The molecule has 5 nitrogen and oxygen atoms in total. The van der Waals surface area contributed by atoms with Gasteiger partial charge in [0.15, 0.2) is 9.84 Å². The van der Waals surface area contributed by atoms with Crippen molar-refractivity contribution in [1.29, 1.82) is 0 Å². The van der Waals surface area contributed by atoms with Crippen LogP contribution < -0.4 is 5.32 Å². The number of carbonyl (C=O) groups is 1. The predicted octanol–water partition coefficient (Wildman–Crippen LogP) is 1.20. The Kier molecular flexibility index (Phi) is 5.97. The zero-order valence-electron chi connectivity index (χ0n) is 13.0. The molecule has 6 heteroatoms. The summed E-state index contributed by atoms with van der Waals surface area (Å²) in [5.41, 5.74) is 1.19. The SMILES string of the molecule is CCS(=O)(=O)CCNC(=O)C1CCCN1Cc1ccccc1. The molecule has 1 amide bonds. The third-order valence-electron chi connectivity index (χ3n) is 4.05. The summed E-state index contributed by atoms with van der Waals surface area (Å²) in [6, 6.07) is 9.93. The standard InChI is InChI=1S/C16H24N2O3S/c1-2-22(20,21)12-10-17-16(19)15-9-6-11-18(15)13-14-7-4-3-5-8-14/h3-5,7-8,15H,2,6,9-13H2,1H3,(H,17,19). The first kappa shape index (κ1) is 17.0. The molecule has 1 aromatic carbocycles. The number of nitrogens with one attached hydrogen (secondary N) is 1. The van der Waals surface area contributed by atoms with Gasteiger partial charge >= 0.3 is 0 Å². The first-order valence-electron chi connectivity index (χ1n) is 7.78. The van der Waals surface area contributed by atoms with Crippen molar-refractivity contribution in [3.63, 3.8) is 0 Å². The van der Waals surface area contributed by atoms with Crippen LogP contribution in [0.1, 0.15) is 25.3 Å². The number of likely N-dealkylation sites (tertiary alicyclic amines) is 1. The van der Waals surface area contributed by atoms with Gasteiger partial charge in [-0.1, -0.05) is 37.3 Å². The molecule has 1 fully saturated rings. The summed E-state index contributed by atoms with van der Waals surface area (Å²) in [4.78, 5) is 14.4. The quantitative estimate of drug-likeness (QED) is 0.818. The molecule has 0 bridgehead atoms. The van der Waals surface area contributed by atoms with Gasteiger partial charge < -0.3 is 5.32 Å². The highest BCUT2D eigenvalue weighted by molar-refractivity contribution is 7.91.